The number of halogens is 2. The van der Waals surface area contributed by atoms with Crippen molar-refractivity contribution in [2.24, 2.45) is 0 Å². The molecule has 1 N–H and O–H groups in total. The summed E-state index contributed by atoms with van der Waals surface area (Å²) in [6.45, 7) is -3.61. The van der Waals surface area contributed by atoms with Gasteiger partial charge in [-0.15, -0.1) is 11.3 Å². The van der Waals surface area contributed by atoms with Crippen LogP contribution < -0.4 is 10.1 Å². The Balaban J connectivity index is 1.81. The largest absolute Gasteiger partial charge is 0.452 e. The van der Waals surface area contributed by atoms with E-state index < -0.39 is 31.0 Å². The van der Waals surface area contributed by atoms with E-state index in [0.29, 0.717) is 4.88 Å². The molecule has 0 bridgehead atoms. The maximum Gasteiger partial charge on any atom is 0.387 e. The van der Waals surface area contributed by atoms with Gasteiger partial charge in [0.05, 0.1) is 10.4 Å². The van der Waals surface area contributed by atoms with Gasteiger partial charge in [-0.2, -0.15) is 8.78 Å². The van der Waals surface area contributed by atoms with Crippen LogP contribution in [0.2, 0.25) is 0 Å². The molecular formula is C15H11F2NO5S. The summed E-state index contributed by atoms with van der Waals surface area (Å²) in [7, 11) is 0. The third-order valence-corrected chi connectivity index (χ3v) is 3.52. The van der Waals surface area contributed by atoms with Crippen molar-refractivity contribution >= 4 is 29.1 Å². The first-order chi connectivity index (χ1) is 11.5. The Morgan fingerprint density at radius 1 is 1.12 bits per heavy atom. The number of hydrogen-bond donors (Lipinski definition) is 1. The number of rotatable bonds is 6. The Morgan fingerprint density at radius 2 is 1.83 bits per heavy atom. The van der Waals surface area contributed by atoms with E-state index in [2.05, 4.69) is 10.1 Å². The molecule has 2 aromatic rings. The molecule has 126 valence electrons. The summed E-state index contributed by atoms with van der Waals surface area (Å²) < 4.78 is 32.9. The van der Waals surface area contributed by atoms with Gasteiger partial charge in [-0.3, -0.25) is 14.9 Å². The molecule has 1 heterocycles. The van der Waals surface area contributed by atoms with Crippen LogP contribution in [-0.4, -0.2) is 31.0 Å². The second-order valence-corrected chi connectivity index (χ2v) is 5.28. The van der Waals surface area contributed by atoms with E-state index in [1.807, 2.05) is 0 Å². The molecule has 24 heavy (non-hydrogen) atoms. The number of nitrogens with one attached hydrogen (secondary N) is 1. The summed E-state index contributed by atoms with van der Waals surface area (Å²) in [5, 5.41) is 3.75. The first kappa shape index (κ1) is 17.5. The maximum absolute atomic E-state index is 12.0. The maximum atomic E-state index is 12.0. The van der Waals surface area contributed by atoms with Crippen LogP contribution in [-0.2, 0) is 9.53 Å². The van der Waals surface area contributed by atoms with E-state index in [0.717, 1.165) is 11.3 Å². The summed E-state index contributed by atoms with van der Waals surface area (Å²) in [6, 6.07) is 7.98. The Morgan fingerprint density at radius 3 is 2.42 bits per heavy atom. The van der Waals surface area contributed by atoms with Gasteiger partial charge in [0.15, 0.2) is 6.61 Å². The fourth-order valence-electron chi connectivity index (χ4n) is 1.62. The van der Waals surface area contributed by atoms with Crippen LogP contribution in [0.5, 0.6) is 5.75 Å². The number of benzene rings is 1. The van der Waals surface area contributed by atoms with Crippen LogP contribution in [0.3, 0.4) is 0 Å². The van der Waals surface area contributed by atoms with E-state index in [1.165, 1.54) is 24.3 Å². The number of hydrogen-bond acceptors (Lipinski definition) is 6. The Hall–Kier alpha value is -2.81. The molecule has 9 heteroatoms. The minimum atomic E-state index is -2.97. The molecule has 0 saturated heterocycles. The highest BCUT2D eigenvalue weighted by Crippen LogP contribution is 2.15. The van der Waals surface area contributed by atoms with E-state index in [4.69, 9.17) is 4.74 Å². The lowest BCUT2D eigenvalue weighted by Crippen LogP contribution is -2.33. The van der Waals surface area contributed by atoms with Gasteiger partial charge in [0.2, 0.25) is 0 Å². The lowest BCUT2D eigenvalue weighted by Gasteiger charge is -2.07. The van der Waals surface area contributed by atoms with Gasteiger partial charge in [-0.25, -0.2) is 4.79 Å². The normalized spacial score (nSPS) is 10.3. The highest BCUT2D eigenvalue weighted by atomic mass is 32.1. The van der Waals surface area contributed by atoms with Crippen LogP contribution in [0.1, 0.15) is 20.0 Å². The van der Waals surface area contributed by atoms with Crippen LogP contribution in [0, 0.1) is 0 Å². The van der Waals surface area contributed by atoms with Gasteiger partial charge < -0.3 is 9.47 Å². The second-order valence-electron chi connectivity index (χ2n) is 4.33. The number of esters is 1. The first-order valence-corrected chi connectivity index (χ1v) is 7.43. The van der Waals surface area contributed by atoms with Crippen LogP contribution in [0.25, 0.3) is 0 Å². The number of carbonyl (C=O) groups is 3. The molecule has 1 aromatic carbocycles. The molecule has 1 aromatic heterocycles. The summed E-state index contributed by atoms with van der Waals surface area (Å²) in [4.78, 5) is 35.2. The number of alkyl halides is 2. The van der Waals surface area contributed by atoms with Crippen molar-refractivity contribution in [1.29, 1.82) is 0 Å². The Labute approximate surface area is 139 Å². The molecule has 0 aliphatic heterocycles. The van der Waals surface area contributed by atoms with Gasteiger partial charge in [0.1, 0.15) is 5.75 Å². The lowest BCUT2D eigenvalue weighted by atomic mass is 10.2. The van der Waals surface area contributed by atoms with Crippen molar-refractivity contribution in [2.75, 3.05) is 6.61 Å². The summed E-state index contributed by atoms with van der Waals surface area (Å²) in [5.74, 6) is -2.31. The van der Waals surface area contributed by atoms with E-state index in [-0.39, 0.29) is 11.3 Å². The summed E-state index contributed by atoms with van der Waals surface area (Å²) >= 11 is 1.16. The fraction of sp³-hybridized carbons (Fsp3) is 0.133. The molecule has 0 radical (unpaired) electrons. The zero-order valence-corrected chi connectivity index (χ0v) is 12.8. The highest BCUT2D eigenvalue weighted by Gasteiger charge is 2.14. The van der Waals surface area contributed by atoms with Crippen molar-refractivity contribution in [2.45, 2.75) is 6.61 Å². The number of amides is 2. The molecule has 0 fully saturated rings. The number of carbonyl (C=O) groups excluding carboxylic acids is 3. The van der Waals surface area contributed by atoms with Crippen LogP contribution in [0.4, 0.5) is 8.78 Å². The van der Waals surface area contributed by atoms with E-state index in [1.54, 1.807) is 17.5 Å². The molecule has 2 amide bonds. The van der Waals surface area contributed by atoms with Crippen molar-refractivity contribution in [3.63, 3.8) is 0 Å². The third-order valence-electron chi connectivity index (χ3n) is 2.65. The highest BCUT2D eigenvalue weighted by molar-refractivity contribution is 7.12. The molecule has 0 spiro atoms. The summed E-state index contributed by atoms with van der Waals surface area (Å²) in [5.41, 5.74) is 0.0500. The fourth-order valence-corrected chi connectivity index (χ4v) is 2.24. The van der Waals surface area contributed by atoms with Crippen molar-refractivity contribution in [1.82, 2.24) is 5.32 Å². The van der Waals surface area contributed by atoms with Crippen LogP contribution >= 0.6 is 11.3 Å². The SMILES string of the molecule is O=C(COC(=O)c1ccc(OC(F)F)cc1)NC(=O)c1cccs1. The monoisotopic (exact) mass is 355 g/mol. The molecule has 2 rings (SSSR count). The average Bonchev–Trinajstić information content (AvgIpc) is 3.07. The second kappa shape index (κ2) is 8.16. The number of ether oxygens (including phenoxy) is 2. The molecule has 6 nitrogen and oxygen atoms in total. The number of imide groups is 1. The molecule has 0 aliphatic carbocycles. The lowest BCUT2D eigenvalue weighted by molar-refractivity contribution is -0.123. The predicted molar refractivity (Wildman–Crippen MR) is 80.1 cm³/mol. The van der Waals surface area contributed by atoms with Gasteiger partial charge >= 0.3 is 12.6 Å². The third kappa shape index (κ3) is 5.13. The van der Waals surface area contributed by atoms with Crippen molar-refractivity contribution in [3.8, 4) is 5.75 Å². The van der Waals surface area contributed by atoms with Gasteiger partial charge in [-0.05, 0) is 35.7 Å². The van der Waals surface area contributed by atoms with Crippen LogP contribution in [0.15, 0.2) is 41.8 Å². The topological polar surface area (TPSA) is 81.7 Å². The minimum absolute atomic E-state index is 0.0500. The number of thiophene rings is 1. The van der Waals surface area contributed by atoms with Gasteiger partial charge in [0, 0.05) is 0 Å². The van der Waals surface area contributed by atoms with Gasteiger partial charge in [0.25, 0.3) is 11.8 Å². The molecular weight excluding hydrogens is 344 g/mol. The predicted octanol–water partition coefficient (Wildman–Crippen LogP) is 2.46. The molecule has 0 aliphatic rings. The van der Waals surface area contributed by atoms with Crippen molar-refractivity contribution in [3.05, 3.63) is 52.2 Å². The Bertz CT molecular complexity index is 716. The zero-order chi connectivity index (χ0) is 17.5. The van der Waals surface area contributed by atoms with Gasteiger partial charge in [-0.1, -0.05) is 6.07 Å². The van der Waals surface area contributed by atoms with E-state index in [9.17, 15) is 23.2 Å². The van der Waals surface area contributed by atoms with E-state index >= 15 is 0 Å². The summed E-state index contributed by atoms with van der Waals surface area (Å²) in [6.07, 6.45) is 0. The Kier molecular flexibility index (Phi) is 5.96. The average molecular weight is 355 g/mol. The van der Waals surface area contributed by atoms with Crippen molar-refractivity contribution < 1.29 is 32.6 Å². The molecule has 0 unspecified atom stereocenters. The first-order valence-electron chi connectivity index (χ1n) is 6.55. The standard InChI is InChI=1S/C15H11F2NO5S/c16-15(17)23-10-5-3-9(4-6-10)14(21)22-8-12(19)18-13(20)11-2-1-7-24-11/h1-7,15H,8H2,(H,18,19,20). The zero-order valence-electron chi connectivity index (χ0n) is 12.0. The quantitative estimate of drug-likeness (QED) is 0.805. The molecule has 0 saturated carbocycles. The minimum Gasteiger partial charge on any atom is -0.452 e. The smallest absolute Gasteiger partial charge is 0.387 e. The molecule has 0 atom stereocenters.